The molecule has 0 aliphatic heterocycles. The predicted molar refractivity (Wildman–Crippen MR) is 74.7 cm³/mol. The van der Waals surface area contributed by atoms with E-state index in [4.69, 9.17) is 0 Å². The van der Waals surface area contributed by atoms with Crippen molar-refractivity contribution < 1.29 is 0 Å². The number of hydrogen-bond donors (Lipinski definition) is 0. The number of allylic oxidation sites excluding steroid dienone is 5. The van der Waals surface area contributed by atoms with Crippen LogP contribution in [-0.4, -0.2) is 0 Å². The number of aryl methyl sites for hydroxylation is 2. The second kappa shape index (κ2) is 8.72. The molecule has 0 heterocycles. The maximum Gasteiger partial charge on any atom is -0.0398 e. The fraction of sp³-hybridized carbons (Fsp3) is 0.250. The second-order valence-electron chi connectivity index (χ2n) is 3.80. The van der Waals surface area contributed by atoms with Crippen molar-refractivity contribution in [3.05, 3.63) is 71.8 Å². The first-order valence-electron chi connectivity index (χ1n) is 5.55. The van der Waals surface area contributed by atoms with Gasteiger partial charge < -0.3 is 0 Å². The van der Waals surface area contributed by atoms with Gasteiger partial charge in [-0.25, -0.2) is 0 Å². The van der Waals surface area contributed by atoms with Crippen molar-refractivity contribution in [3.8, 4) is 0 Å². The summed E-state index contributed by atoms with van der Waals surface area (Å²) in [4.78, 5) is 0. The Bertz CT molecular complexity index is 329. The fourth-order valence-corrected chi connectivity index (χ4v) is 0.953. The summed E-state index contributed by atoms with van der Waals surface area (Å²) < 4.78 is 0. The lowest BCUT2D eigenvalue weighted by Crippen LogP contribution is -1.70. The third-order valence-corrected chi connectivity index (χ3v) is 2.09. The lowest BCUT2D eigenvalue weighted by atomic mass is 10.2. The number of benzene rings is 1. The van der Waals surface area contributed by atoms with Crippen molar-refractivity contribution in [1.82, 2.24) is 0 Å². The van der Waals surface area contributed by atoms with E-state index in [0.717, 1.165) is 0 Å². The van der Waals surface area contributed by atoms with Crippen LogP contribution < -0.4 is 0 Å². The van der Waals surface area contributed by atoms with Crippen molar-refractivity contribution in [2.24, 2.45) is 0 Å². The highest BCUT2D eigenvalue weighted by atomic mass is 13.9. The molecule has 0 nitrogen and oxygen atoms in total. The highest BCUT2D eigenvalue weighted by molar-refractivity contribution is 5.19. The molecule has 0 amide bonds. The van der Waals surface area contributed by atoms with Crippen LogP contribution in [0.5, 0.6) is 0 Å². The van der Waals surface area contributed by atoms with E-state index in [1.807, 2.05) is 38.2 Å². The third kappa shape index (κ3) is 7.81. The molecule has 0 spiro atoms. The maximum absolute atomic E-state index is 3.61. The van der Waals surface area contributed by atoms with E-state index in [1.165, 1.54) is 16.7 Å². The summed E-state index contributed by atoms with van der Waals surface area (Å²) in [5.41, 5.74) is 3.86. The van der Waals surface area contributed by atoms with E-state index in [2.05, 4.69) is 44.7 Å². The molecule has 0 N–H and O–H groups in total. The van der Waals surface area contributed by atoms with Crippen LogP contribution in [-0.2, 0) is 0 Å². The Morgan fingerprint density at radius 3 is 1.81 bits per heavy atom. The lowest BCUT2D eigenvalue weighted by Gasteiger charge is -1.90. The highest BCUT2D eigenvalue weighted by Crippen LogP contribution is 1.99. The molecule has 0 fully saturated rings. The zero-order valence-corrected chi connectivity index (χ0v) is 10.8. The molecular formula is C16H22. The van der Waals surface area contributed by atoms with Crippen LogP contribution >= 0.6 is 0 Å². The molecule has 0 bridgehead atoms. The van der Waals surface area contributed by atoms with Gasteiger partial charge in [0.1, 0.15) is 0 Å². The van der Waals surface area contributed by atoms with Gasteiger partial charge in [-0.15, -0.1) is 0 Å². The van der Waals surface area contributed by atoms with E-state index >= 15 is 0 Å². The number of hydrogen-bond acceptors (Lipinski definition) is 0. The van der Waals surface area contributed by atoms with Gasteiger partial charge in [-0.2, -0.15) is 0 Å². The zero-order chi connectivity index (χ0) is 12.4. The molecule has 86 valence electrons. The molecule has 0 saturated carbocycles. The molecule has 0 aromatic heterocycles. The fourth-order valence-electron chi connectivity index (χ4n) is 0.953. The number of rotatable bonds is 2. The van der Waals surface area contributed by atoms with Crippen molar-refractivity contribution in [2.75, 3.05) is 0 Å². The largest absolute Gasteiger partial charge is 0.0988 e. The summed E-state index contributed by atoms with van der Waals surface area (Å²) in [5, 5.41) is 0. The van der Waals surface area contributed by atoms with Crippen LogP contribution in [0.4, 0.5) is 0 Å². The normalized spacial score (nSPS) is 10.9. The van der Waals surface area contributed by atoms with Crippen molar-refractivity contribution in [1.29, 1.82) is 0 Å². The molecule has 0 atom stereocenters. The highest BCUT2D eigenvalue weighted by Gasteiger charge is 1.79. The van der Waals surface area contributed by atoms with Crippen molar-refractivity contribution >= 4 is 0 Å². The monoisotopic (exact) mass is 214 g/mol. The Kier molecular flexibility index (Phi) is 7.87. The first kappa shape index (κ1) is 14.4. The lowest BCUT2D eigenvalue weighted by molar-refractivity contribution is 1.40. The van der Waals surface area contributed by atoms with Gasteiger partial charge in [0, 0.05) is 0 Å². The Morgan fingerprint density at radius 1 is 1.06 bits per heavy atom. The van der Waals surface area contributed by atoms with E-state index in [9.17, 15) is 0 Å². The summed E-state index contributed by atoms with van der Waals surface area (Å²) >= 11 is 0. The van der Waals surface area contributed by atoms with Crippen LogP contribution in [0.2, 0.25) is 0 Å². The van der Waals surface area contributed by atoms with Gasteiger partial charge in [-0.3, -0.25) is 0 Å². The molecule has 0 aliphatic rings. The smallest absolute Gasteiger partial charge is 0.0398 e. The summed E-state index contributed by atoms with van der Waals surface area (Å²) in [6, 6.07) is 8.48. The Hall–Kier alpha value is -1.56. The van der Waals surface area contributed by atoms with E-state index in [1.54, 1.807) is 0 Å². The van der Waals surface area contributed by atoms with Crippen molar-refractivity contribution in [3.63, 3.8) is 0 Å². The molecule has 1 aromatic carbocycles. The SMILES string of the molecule is C=C/C(C)=C\C=C/C.Cc1ccc(C)cc1. The van der Waals surface area contributed by atoms with Gasteiger partial charge in [0.25, 0.3) is 0 Å². The van der Waals surface area contributed by atoms with Crippen LogP contribution in [0.3, 0.4) is 0 Å². The van der Waals surface area contributed by atoms with Crippen LogP contribution in [0.1, 0.15) is 25.0 Å². The van der Waals surface area contributed by atoms with E-state index in [-0.39, 0.29) is 0 Å². The molecular weight excluding hydrogens is 192 g/mol. The minimum absolute atomic E-state index is 1.20. The van der Waals surface area contributed by atoms with Crippen LogP contribution in [0.15, 0.2) is 60.7 Å². The molecule has 16 heavy (non-hydrogen) atoms. The molecule has 0 aliphatic carbocycles. The standard InChI is InChI=1S/C8H10.C8H12/c1-7-3-5-8(2)6-4-7;1-4-6-7-8(3)5-2/h3-6H,1-2H3;4-7H,2H2,1,3H3/b;6-4-,8-7-. The first-order valence-corrected chi connectivity index (χ1v) is 5.55. The van der Waals surface area contributed by atoms with Gasteiger partial charge in [0.05, 0.1) is 0 Å². The van der Waals surface area contributed by atoms with Crippen LogP contribution in [0.25, 0.3) is 0 Å². The minimum atomic E-state index is 1.20. The molecule has 1 rings (SSSR count). The molecule has 0 unspecified atom stereocenters. The van der Waals surface area contributed by atoms with Gasteiger partial charge in [-0.05, 0) is 27.7 Å². The van der Waals surface area contributed by atoms with Gasteiger partial charge in [-0.1, -0.05) is 71.8 Å². The first-order chi connectivity index (χ1) is 7.60. The minimum Gasteiger partial charge on any atom is -0.0988 e. The summed E-state index contributed by atoms with van der Waals surface area (Å²) in [5.74, 6) is 0. The van der Waals surface area contributed by atoms with Gasteiger partial charge in [0.2, 0.25) is 0 Å². The molecule has 0 saturated heterocycles. The van der Waals surface area contributed by atoms with Gasteiger partial charge in [0.15, 0.2) is 0 Å². The van der Waals surface area contributed by atoms with Gasteiger partial charge >= 0.3 is 0 Å². The molecule has 0 radical (unpaired) electrons. The Morgan fingerprint density at radius 2 is 1.50 bits per heavy atom. The van der Waals surface area contributed by atoms with E-state index < -0.39 is 0 Å². The quantitative estimate of drug-likeness (QED) is 0.608. The third-order valence-electron chi connectivity index (χ3n) is 2.09. The zero-order valence-electron chi connectivity index (χ0n) is 10.8. The average molecular weight is 214 g/mol. The maximum atomic E-state index is 3.61. The molecule has 0 heteroatoms. The topological polar surface area (TPSA) is 0 Å². The summed E-state index contributed by atoms with van der Waals surface area (Å²) in [6.07, 6.45) is 7.84. The predicted octanol–water partition coefficient (Wildman–Crippen LogP) is 5.00. The van der Waals surface area contributed by atoms with E-state index in [0.29, 0.717) is 0 Å². The Balaban J connectivity index is 0.000000281. The summed E-state index contributed by atoms with van der Waals surface area (Å²) in [6.45, 7) is 11.8. The van der Waals surface area contributed by atoms with Crippen LogP contribution in [0, 0.1) is 13.8 Å². The van der Waals surface area contributed by atoms with Crippen molar-refractivity contribution in [2.45, 2.75) is 27.7 Å². The Labute approximate surface area is 100 Å². The summed E-state index contributed by atoms with van der Waals surface area (Å²) in [7, 11) is 0. The average Bonchev–Trinajstić information content (AvgIpc) is 2.30. The second-order valence-corrected chi connectivity index (χ2v) is 3.80. The molecule has 1 aromatic rings.